The Morgan fingerprint density at radius 1 is 1.16 bits per heavy atom. The lowest BCUT2D eigenvalue weighted by Gasteiger charge is -2.12. The zero-order valence-corrected chi connectivity index (χ0v) is 18.1. The van der Waals surface area contributed by atoms with Gasteiger partial charge in [0, 0.05) is 38.3 Å². The van der Waals surface area contributed by atoms with Gasteiger partial charge in [0.05, 0.1) is 23.6 Å². The maximum atomic E-state index is 12.9. The number of fused-ring (bicyclic) bond motifs is 2. The molecule has 1 aliphatic heterocycles. The van der Waals surface area contributed by atoms with Crippen molar-refractivity contribution in [1.82, 2.24) is 15.2 Å². The highest BCUT2D eigenvalue weighted by atomic mass is 16.7. The van der Waals surface area contributed by atoms with E-state index in [1.807, 2.05) is 11.5 Å². The highest BCUT2D eigenvalue weighted by Gasteiger charge is 2.20. The molecular formula is C22H29N3O7. The van der Waals surface area contributed by atoms with E-state index in [9.17, 15) is 19.5 Å². The number of aliphatic hydroxyl groups excluding tert-OH is 2. The standard InChI is InChI=1S/C22H29N3O7/c1-2-25-11-16(21(29)15-8-18-19(9-17(15)25)32-13-31-18)22(30)23-7-5-3-4-6-20(28)24-10-14(27)12-26/h8-9,11,14,26-27H,2-7,10,12-13H2,1H3,(H,23,30)(H,24,28)/t14-/m0/s1. The van der Waals surface area contributed by atoms with Crippen molar-refractivity contribution < 1.29 is 29.3 Å². The molecule has 4 N–H and O–H groups in total. The van der Waals surface area contributed by atoms with Gasteiger partial charge in [-0.25, -0.2) is 0 Å². The fourth-order valence-electron chi connectivity index (χ4n) is 3.47. The van der Waals surface area contributed by atoms with Crippen LogP contribution in [0.5, 0.6) is 11.5 Å². The molecule has 1 aromatic heterocycles. The molecule has 1 atom stereocenters. The first-order chi connectivity index (χ1) is 15.4. The minimum atomic E-state index is -0.955. The molecule has 0 fully saturated rings. The molecule has 10 nitrogen and oxygen atoms in total. The molecule has 0 radical (unpaired) electrons. The molecule has 10 heteroatoms. The Hall–Kier alpha value is -3.11. The van der Waals surface area contributed by atoms with E-state index in [-0.39, 0.29) is 30.2 Å². The Morgan fingerprint density at radius 2 is 1.91 bits per heavy atom. The van der Waals surface area contributed by atoms with Crippen molar-refractivity contribution in [2.45, 2.75) is 45.3 Å². The second-order valence-corrected chi connectivity index (χ2v) is 7.59. The number of unbranched alkanes of at least 4 members (excludes halogenated alkanes) is 2. The summed E-state index contributed by atoms with van der Waals surface area (Å²) in [5, 5.41) is 23.6. The Balaban J connectivity index is 1.53. The monoisotopic (exact) mass is 447 g/mol. The van der Waals surface area contributed by atoms with Crippen molar-refractivity contribution in [3.8, 4) is 11.5 Å². The average Bonchev–Trinajstić information content (AvgIpc) is 3.26. The van der Waals surface area contributed by atoms with Crippen LogP contribution >= 0.6 is 0 Å². The zero-order chi connectivity index (χ0) is 23.1. The molecule has 0 bridgehead atoms. The van der Waals surface area contributed by atoms with Gasteiger partial charge in [0.1, 0.15) is 5.56 Å². The highest BCUT2D eigenvalue weighted by molar-refractivity contribution is 5.97. The second kappa shape index (κ2) is 11.0. The number of aliphatic hydroxyl groups is 2. The predicted molar refractivity (Wildman–Crippen MR) is 117 cm³/mol. The molecule has 1 aliphatic rings. The number of ether oxygens (including phenoxy) is 2. The van der Waals surface area contributed by atoms with E-state index in [1.54, 1.807) is 18.3 Å². The molecule has 32 heavy (non-hydrogen) atoms. The number of carbonyl (C=O) groups is 2. The summed E-state index contributed by atoms with van der Waals surface area (Å²) >= 11 is 0. The van der Waals surface area contributed by atoms with Crippen LogP contribution in [0, 0.1) is 0 Å². The van der Waals surface area contributed by atoms with E-state index in [0.717, 1.165) is 6.42 Å². The van der Waals surface area contributed by atoms with Gasteiger partial charge in [0.15, 0.2) is 11.5 Å². The molecule has 2 amide bonds. The van der Waals surface area contributed by atoms with Crippen LogP contribution in [-0.4, -0.2) is 59.2 Å². The highest BCUT2D eigenvalue weighted by Crippen LogP contribution is 2.35. The van der Waals surface area contributed by atoms with Crippen LogP contribution in [-0.2, 0) is 11.3 Å². The lowest BCUT2D eigenvalue weighted by molar-refractivity contribution is -0.121. The van der Waals surface area contributed by atoms with Crippen molar-refractivity contribution in [2.75, 3.05) is 26.5 Å². The largest absolute Gasteiger partial charge is 0.454 e. The van der Waals surface area contributed by atoms with E-state index in [0.29, 0.717) is 54.8 Å². The topological polar surface area (TPSA) is 139 Å². The molecule has 0 saturated heterocycles. The number of hydrogen-bond acceptors (Lipinski definition) is 7. The number of nitrogens with zero attached hydrogens (tertiary/aromatic N) is 1. The van der Waals surface area contributed by atoms with Gasteiger partial charge in [0.2, 0.25) is 18.1 Å². The maximum absolute atomic E-state index is 12.9. The Bertz CT molecular complexity index is 1030. The summed E-state index contributed by atoms with van der Waals surface area (Å²) in [6.45, 7) is 2.62. The Labute approximate surface area is 185 Å². The SMILES string of the molecule is CCn1cc(C(=O)NCCCCCC(=O)NC[C@H](O)CO)c(=O)c2cc3c(cc21)OCO3. The first-order valence-corrected chi connectivity index (χ1v) is 10.7. The van der Waals surface area contributed by atoms with Gasteiger partial charge in [-0.1, -0.05) is 6.42 Å². The average molecular weight is 447 g/mol. The van der Waals surface area contributed by atoms with E-state index in [1.165, 1.54) is 0 Å². The summed E-state index contributed by atoms with van der Waals surface area (Å²) in [6.07, 6.45) is 2.91. The smallest absolute Gasteiger partial charge is 0.256 e. The van der Waals surface area contributed by atoms with Gasteiger partial charge in [0.25, 0.3) is 5.91 Å². The third-order valence-electron chi connectivity index (χ3n) is 5.27. The number of benzene rings is 1. The summed E-state index contributed by atoms with van der Waals surface area (Å²) in [5.41, 5.74) is 0.394. The van der Waals surface area contributed by atoms with Gasteiger partial charge in [-0.15, -0.1) is 0 Å². The second-order valence-electron chi connectivity index (χ2n) is 7.59. The van der Waals surface area contributed by atoms with Crippen LogP contribution < -0.4 is 25.5 Å². The van der Waals surface area contributed by atoms with Crippen molar-refractivity contribution in [3.63, 3.8) is 0 Å². The third kappa shape index (κ3) is 5.57. The maximum Gasteiger partial charge on any atom is 0.256 e. The van der Waals surface area contributed by atoms with Crippen LogP contribution in [0.3, 0.4) is 0 Å². The lowest BCUT2D eigenvalue weighted by Crippen LogP contribution is -2.33. The van der Waals surface area contributed by atoms with Gasteiger partial charge in [-0.05, 0) is 25.8 Å². The van der Waals surface area contributed by atoms with Crippen LogP contribution in [0.1, 0.15) is 43.0 Å². The van der Waals surface area contributed by atoms with Crippen LogP contribution in [0.4, 0.5) is 0 Å². The molecule has 2 aromatic rings. The number of carbonyl (C=O) groups excluding carboxylic acids is 2. The number of rotatable bonds is 11. The number of amides is 2. The molecule has 0 saturated carbocycles. The van der Waals surface area contributed by atoms with E-state index < -0.39 is 18.6 Å². The molecular weight excluding hydrogens is 418 g/mol. The van der Waals surface area contributed by atoms with Gasteiger partial charge in [-0.2, -0.15) is 0 Å². The number of aromatic nitrogens is 1. The van der Waals surface area contributed by atoms with Crippen molar-refractivity contribution in [2.24, 2.45) is 0 Å². The minimum Gasteiger partial charge on any atom is -0.454 e. The van der Waals surface area contributed by atoms with Crippen molar-refractivity contribution in [3.05, 3.63) is 34.1 Å². The van der Waals surface area contributed by atoms with Gasteiger partial charge >= 0.3 is 0 Å². The quantitative estimate of drug-likeness (QED) is 0.368. The predicted octanol–water partition coefficient (Wildman–Crippen LogP) is 0.510. The first-order valence-electron chi connectivity index (χ1n) is 10.7. The summed E-state index contributed by atoms with van der Waals surface area (Å²) < 4.78 is 12.6. The first kappa shape index (κ1) is 23.6. The number of aryl methyl sites for hydroxylation is 1. The molecule has 2 heterocycles. The Kier molecular flexibility index (Phi) is 8.07. The summed E-state index contributed by atoms with van der Waals surface area (Å²) in [7, 11) is 0. The number of pyridine rings is 1. The third-order valence-corrected chi connectivity index (χ3v) is 5.27. The normalized spacial score (nSPS) is 13.2. The molecule has 174 valence electrons. The molecule has 0 aliphatic carbocycles. The van der Waals surface area contributed by atoms with E-state index >= 15 is 0 Å². The van der Waals surface area contributed by atoms with Crippen molar-refractivity contribution in [1.29, 1.82) is 0 Å². The Morgan fingerprint density at radius 3 is 2.62 bits per heavy atom. The lowest BCUT2D eigenvalue weighted by atomic mass is 10.1. The molecule has 0 unspecified atom stereocenters. The van der Waals surface area contributed by atoms with Crippen LogP contribution in [0.2, 0.25) is 0 Å². The summed E-state index contributed by atoms with van der Waals surface area (Å²) in [5.74, 6) is 0.436. The van der Waals surface area contributed by atoms with E-state index in [2.05, 4.69) is 10.6 Å². The zero-order valence-electron chi connectivity index (χ0n) is 18.1. The summed E-state index contributed by atoms with van der Waals surface area (Å²) in [4.78, 5) is 37.2. The number of hydrogen-bond donors (Lipinski definition) is 4. The van der Waals surface area contributed by atoms with Crippen LogP contribution in [0.15, 0.2) is 23.1 Å². The van der Waals surface area contributed by atoms with E-state index in [4.69, 9.17) is 14.6 Å². The minimum absolute atomic E-state index is 0.0222. The van der Waals surface area contributed by atoms with Gasteiger partial charge in [-0.3, -0.25) is 14.4 Å². The molecule has 0 spiro atoms. The van der Waals surface area contributed by atoms with Gasteiger partial charge < -0.3 is 34.9 Å². The van der Waals surface area contributed by atoms with Crippen LogP contribution in [0.25, 0.3) is 10.9 Å². The number of nitrogens with one attached hydrogen (secondary N) is 2. The summed E-state index contributed by atoms with van der Waals surface area (Å²) in [6, 6.07) is 3.37. The fourth-order valence-corrected chi connectivity index (χ4v) is 3.47. The molecule has 1 aromatic carbocycles. The molecule has 3 rings (SSSR count). The fraction of sp³-hybridized carbons (Fsp3) is 0.500. The van der Waals surface area contributed by atoms with Crippen molar-refractivity contribution >= 4 is 22.7 Å².